The molecule has 0 spiro atoms. The molecule has 0 fully saturated rings. The van der Waals surface area contributed by atoms with Crippen molar-refractivity contribution in [3.63, 3.8) is 0 Å². The van der Waals surface area contributed by atoms with Crippen LogP contribution in [0.5, 0.6) is 0 Å². The van der Waals surface area contributed by atoms with Gasteiger partial charge in [-0.15, -0.1) is 11.3 Å². The monoisotopic (exact) mass is 341 g/mol. The molecule has 5 nitrogen and oxygen atoms in total. The quantitative estimate of drug-likeness (QED) is 0.795. The fourth-order valence-corrected chi connectivity index (χ4v) is 3.50. The number of hydrogen-bond acceptors (Lipinski definition) is 4. The Kier molecular flexibility index (Phi) is 4.24. The molecule has 0 radical (unpaired) electrons. The number of hydrogen-bond donors (Lipinski definition) is 1. The Morgan fingerprint density at radius 1 is 1.17 bits per heavy atom. The number of nitrogens with zero attached hydrogens (tertiary/aromatic N) is 2. The number of nitrogens with one attached hydrogen (secondary N) is 1. The van der Waals surface area contributed by atoms with Gasteiger partial charge in [0.25, 0.3) is 5.56 Å². The highest BCUT2D eigenvalue weighted by Gasteiger charge is 2.13. The Morgan fingerprint density at radius 2 is 1.92 bits per heavy atom. The minimum Gasteiger partial charge on any atom is -0.325 e. The first-order chi connectivity index (χ1) is 11.3. The Hall–Kier alpha value is -2.47. The molecule has 0 atom stereocenters. The van der Waals surface area contributed by atoms with Gasteiger partial charge in [-0.3, -0.25) is 14.2 Å². The molecule has 1 aromatic carbocycles. The number of thiophene rings is 1. The van der Waals surface area contributed by atoms with Crippen LogP contribution in [-0.2, 0) is 11.3 Å². The molecule has 2 aromatic heterocycles. The maximum atomic E-state index is 12.6. The third-order valence-electron chi connectivity index (χ3n) is 4.06. The maximum Gasteiger partial charge on any atom is 0.262 e. The van der Waals surface area contributed by atoms with Gasteiger partial charge in [0.2, 0.25) is 5.91 Å². The summed E-state index contributed by atoms with van der Waals surface area (Å²) in [5, 5.41) is 3.41. The smallest absolute Gasteiger partial charge is 0.262 e. The molecular formula is C18H19N3O2S. The lowest BCUT2D eigenvalue weighted by Gasteiger charge is -2.11. The minimum absolute atomic E-state index is 0.0462. The summed E-state index contributed by atoms with van der Waals surface area (Å²) in [4.78, 5) is 31.1. The number of rotatable bonds is 3. The highest BCUT2D eigenvalue weighted by Crippen LogP contribution is 2.20. The molecule has 24 heavy (non-hydrogen) atoms. The third kappa shape index (κ3) is 3.10. The van der Waals surface area contributed by atoms with Crippen molar-refractivity contribution in [2.24, 2.45) is 0 Å². The molecule has 0 bridgehead atoms. The molecule has 0 aliphatic heterocycles. The summed E-state index contributed by atoms with van der Waals surface area (Å²) < 4.78 is 1.42. The number of amides is 1. The van der Waals surface area contributed by atoms with Crippen molar-refractivity contribution >= 4 is 33.1 Å². The molecule has 0 saturated carbocycles. The van der Waals surface area contributed by atoms with E-state index in [-0.39, 0.29) is 18.0 Å². The van der Waals surface area contributed by atoms with Crippen LogP contribution in [0.1, 0.15) is 21.8 Å². The Morgan fingerprint density at radius 3 is 2.62 bits per heavy atom. The number of benzene rings is 1. The standard InChI is InChI=1S/C18H19N3O2S/c1-10-5-6-14(7-11(10)2)20-16(22)9-21-13(4)19-17-15(18(21)23)8-12(3)24-17/h5-8H,9H2,1-4H3,(H,20,22). The molecule has 1 N–H and O–H groups in total. The summed E-state index contributed by atoms with van der Waals surface area (Å²) in [7, 11) is 0. The number of anilines is 1. The predicted octanol–water partition coefficient (Wildman–Crippen LogP) is 3.33. The second-order valence-electron chi connectivity index (χ2n) is 5.97. The summed E-state index contributed by atoms with van der Waals surface area (Å²) in [6.45, 7) is 7.66. The van der Waals surface area contributed by atoms with Crippen molar-refractivity contribution in [1.82, 2.24) is 9.55 Å². The number of aromatic nitrogens is 2. The molecule has 1 amide bonds. The van der Waals surface area contributed by atoms with Crippen LogP contribution in [0.3, 0.4) is 0 Å². The Labute approximate surface area is 144 Å². The van der Waals surface area contributed by atoms with Gasteiger partial charge in [0.15, 0.2) is 0 Å². The van der Waals surface area contributed by atoms with Crippen LogP contribution in [-0.4, -0.2) is 15.5 Å². The average molecular weight is 341 g/mol. The first kappa shape index (κ1) is 16.4. The predicted molar refractivity (Wildman–Crippen MR) is 97.9 cm³/mol. The van der Waals surface area contributed by atoms with Gasteiger partial charge < -0.3 is 5.32 Å². The molecule has 6 heteroatoms. The van der Waals surface area contributed by atoms with Gasteiger partial charge in [-0.25, -0.2) is 4.98 Å². The molecular weight excluding hydrogens is 322 g/mol. The van der Waals surface area contributed by atoms with Crippen LogP contribution in [0.25, 0.3) is 10.2 Å². The summed E-state index contributed by atoms with van der Waals surface area (Å²) in [5.74, 6) is 0.307. The fraction of sp³-hybridized carbons (Fsp3) is 0.278. The lowest BCUT2D eigenvalue weighted by molar-refractivity contribution is -0.116. The molecule has 3 aromatic rings. The van der Waals surface area contributed by atoms with E-state index in [1.54, 1.807) is 6.92 Å². The van der Waals surface area contributed by atoms with Crippen molar-refractivity contribution in [2.75, 3.05) is 5.32 Å². The van der Waals surface area contributed by atoms with E-state index in [0.717, 1.165) is 21.0 Å². The largest absolute Gasteiger partial charge is 0.325 e. The van der Waals surface area contributed by atoms with Crippen LogP contribution in [0.2, 0.25) is 0 Å². The van der Waals surface area contributed by atoms with Crippen molar-refractivity contribution in [3.8, 4) is 0 Å². The van der Waals surface area contributed by atoms with Crippen molar-refractivity contribution < 1.29 is 4.79 Å². The van der Waals surface area contributed by atoms with Crippen molar-refractivity contribution in [1.29, 1.82) is 0 Å². The first-order valence-corrected chi connectivity index (χ1v) is 8.51. The van der Waals surface area contributed by atoms with Crippen LogP contribution < -0.4 is 10.9 Å². The first-order valence-electron chi connectivity index (χ1n) is 7.70. The lowest BCUT2D eigenvalue weighted by atomic mass is 10.1. The van der Waals surface area contributed by atoms with Gasteiger partial charge in [-0.05, 0) is 57.0 Å². The topological polar surface area (TPSA) is 64.0 Å². The number of carbonyl (C=O) groups excluding carboxylic acids is 1. The second-order valence-corrected chi connectivity index (χ2v) is 7.21. The van der Waals surface area contributed by atoms with E-state index in [4.69, 9.17) is 0 Å². The van der Waals surface area contributed by atoms with E-state index in [1.807, 2.05) is 45.0 Å². The minimum atomic E-state index is -0.239. The summed E-state index contributed by atoms with van der Waals surface area (Å²) in [5.41, 5.74) is 2.84. The molecule has 124 valence electrons. The Bertz CT molecular complexity index is 1000. The van der Waals surface area contributed by atoms with Crippen LogP contribution in [0, 0.1) is 27.7 Å². The second kappa shape index (κ2) is 6.20. The zero-order valence-electron chi connectivity index (χ0n) is 14.1. The zero-order chi connectivity index (χ0) is 17.4. The number of fused-ring (bicyclic) bond motifs is 1. The fourth-order valence-electron chi connectivity index (χ4n) is 2.59. The van der Waals surface area contributed by atoms with E-state index in [2.05, 4.69) is 10.3 Å². The van der Waals surface area contributed by atoms with E-state index >= 15 is 0 Å². The molecule has 2 heterocycles. The Balaban J connectivity index is 1.87. The van der Waals surface area contributed by atoms with Crippen LogP contribution >= 0.6 is 11.3 Å². The molecule has 0 unspecified atom stereocenters. The van der Waals surface area contributed by atoms with E-state index < -0.39 is 0 Å². The van der Waals surface area contributed by atoms with E-state index in [0.29, 0.717) is 11.2 Å². The number of aryl methyl sites for hydroxylation is 4. The van der Waals surface area contributed by atoms with E-state index in [9.17, 15) is 9.59 Å². The zero-order valence-corrected chi connectivity index (χ0v) is 15.0. The molecule has 3 rings (SSSR count). The van der Waals surface area contributed by atoms with Crippen molar-refractivity contribution in [3.05, 3.63) is 56.4 Å². The van der Waals surface area contributed by atoms with Gasteiger partial charge >= 0.3 is 0 Å². The lowest BCUT2D eigenvalue weighted by Crippen LogP contribution is -2.29. The molecule has 0 saturated heterocycles. The molecule has 0 aliphatic carbocycles. The summed E-state index contributed by atoms with van der Waals surface area (Å²) in [6.07, 6.45) is 0. The average Bonchev–Trinajstić information content (AvgIpc) is 2.88. The van der Waals surface area contributed by atoms with Gasteiger partial charge in [0.1, 0.15) is 17.2 Å². The molecule has 0 aliphatic rings. The maximum absolute atomic E-state index is 12.6. The highest BCUT2D eigenvalue weighted by molar-refractivity contribution is 7.18. The van der Waals surface area contributed by atoms with Gasteiger partial charge in [0.05, 0.1) is 5.39 Å². The van der Waals surface area contributed by atoms with Gasteiger partial charge in [-0.1, -0.05) is 6.07 Å². The normalized spacial score (nSPS) is 11.0. The number of carbonyl (C=O) groups is 1. The highest BCUT2D eigenvalue weighted by atomic mass is 32.1. The van der Waals surface area contributed by atoms with Gasteiger partial charge in [-0.2, -0.15) is 0 Å². The van der Waals surface area contributed by atoms with Crippen LogP contribution in [0.15, 0.2) is 29.1 Å². The van der Waals surface area contributed by atoms with Gasteiger partial charge in [0, 0.05) is 10.6 Å². The summed E-state index contributed by atoms with van der Waals surface area (Å²) >= 11 is 1.49. The van der Waals surface area contributed by atoms with Crippen molar-refractivity contribution in [2.45, 2.75) is 34.2 Å². The summed E-state index contributed by atoms with van der Waals surface area (Å²) in [6, 6.07) is 7.57. The SMILES string of the molecule is Cc1cc2c(=O)n(CC(=O)Nc3ccc(C)c(C)c3)c(C)nc2s1. The van der Waals surface area contributed by atoms with E-state index in [1.165, 1.54) is 21.5 Å². The van der Waals surface area contributed by atoms with Crippen LogP contribution in [0.4, 0.5) is 5.69 Å². The third-order valence-corrected chi connectivity index (χ3v) is 5.00.